The summed E-state index contributed by atoms with van der Waals surface area (Å²) in [6.45, 7) is 2.27. The van der Waals surface area contributed by atoms with Crippen LogP contribution in [0.2, 0.25) is 0 Å². The van der Waals surface area contributed by atoms with Crippen LogP contribution >= 0.6 is 0 Å². The van der Waals surface area contributed by atoms with Crippen molar-refractivity contribution in [2.24, 2.45) is 0 Å². The van der Waals surface area contributed by atoms with E-state index in [4.69, 9.17) is 9.47 Å². The summed E-state index contributed by atoms with van der Waals surface area (Å²) < 4.78 is 10.8. The van der Waals surface area contributed by atoms with Crippen molar-refractivity contribution < 1.29 is 19.1 Å². The van der Waals surface area contributed by atoms with Crippen LogP contribution in [0.5, 0.6) is 5.75 Å². The van der Waals surface area contributed by atoms with E-state index in [1.807, 2.05) is 6.07 Å². The zero-order valence-electron chi connectivity index (χ0n) is 15.7. The number of nitrogens with one attached hydrogen (secondary N) is 1. The van der Waals surface area contributed by atoms with Crippen molar-refractivity contribution in [3.63, 3.8) is 0 Å². The van der Waals surface area contributed by atoms with Gasteiger partial charge >= 0.3 is 0 Å². The Bertz CT molecular complexity index is 1010. The van der Waals surface area contributed by atoms with Crippen molar-refractivity contribution in [3.8, 4) is 5.75 Å². The molecule has 0 aliphatic carbocycles. The molecule has 0 atom stereocenters. The van der Waals surface area contributed by atoms with Crippen molar-refractivity contribution in [3.05, 3.63) is 60.4 Å². The lowest BCUT2D eigenvalue weighted by atomic mass is 10.1. The maximum Gasteiger partial charge on any atom is 0.260 e. The predicted molar refractivity (Wildman–Crippen MR) is 107 cm³/mol. The summed E-state index contributed by atoms with van der Waals surface area (Å²) in [6.07, 6.45) is 3.15. The van der Waals surface area contributed by atoms with Crippen LogP contribution < -0.4 is 10.1 Å². The van der Waals surface area contributed by atoms with E-state index in [1.54, 1.807) is 53.7 Å². The summed E-state index contributed by atoms with van der Waals surface area (Å²) in [5.74, 6) is 0.218. The van der Waals surface area contributed by atoms with Gasteiger partial charge < -0.3 is 19.7 Å². The maximum atomic E-state index is 12.6. The first-order valence-corrected chi connectivity index (χ1v) is 9.30. The van der Waals surface area contributed by atoms with Crippen molar-refractivity contribution in [1.82, 2.24) is 14.9 Å². The number of carbonyl (C=O) groups excluding carboxylic acids is 2. The zero-order chi connectivity index (χ0) is 20.1. The monoisotopic (exact) mass is 392 g/mol. The van der Waals surface area contributed by atoms with Crippen molar-refractivity contribution in [2.75, 3.05) is 38.2 Å². The van der Waals surface area contributed by atoms with Gasteiger partial charge in [-0.2, -0.15) is 0 Å². The van der Waals surface area contributed by atoms with Crippen LogP contribution in [0.3, 0.4) is 0 Å². The Balaban J connectivity index is 1.36. The first kappa shape index (κ1) is 18.8. The second-order valence-corrected chi connectivity index (χ2v) is 6.49. The number of para-hydroxylation sites is 1. The van der Waals surface area contributed by atoms with E-state index in [9.17, 15) is 9.59 Å². The summed E-state index contributed by atoms with van der Waals surface area (Å²) in [4.78, 5) is 34.9. The van der Waals surface area contributed by atoms with Gasteiger partial charge in [0, 0.05) is 31.2 Å². The number of anilines is 1. The molecule has 0 bridgehead atoms. The van der Waals surface area contributed by atoms with Gasteiger partial charge in [-0.1, -0.05) is 6.07 Å². The standard InChI is InChI=1S/C21H20N4O4/c26-19(25-10-12-28-13-11-25)14-29-16-6-4-15(5-7-16)24-21(27)17-2-1-3-18-20(17)23-9-8-22-18/h1-9H,10-14H2,(H,24,27). The molecule has 2 amide bonds. The molecule has 0 spiro atoms. The first-order chi connectivity index (χ1) is 14.2. The molecule has 1 aromatic heterocycles. The molecular weight excluding hydrogens is 372 g/mol. The minimum Gasteiger partial charge on any atom is -0.484 e. The molecule has 8 nitrogen and oxygen atoms in total. The van der Waals surface area contributed by atoms with E-state index in [-0.39, 0.29) is 18.4 Å². The second kappa shape index (κ2) is 8.66. The minimum atomic E-state index is -0.271. The van der Waals surface area contributed by atoms with Crippen LogP contribution in [-0.2, 0) is 9.53 Å². The summed E-state index contributed by atoms with van der Waals surface area (Å²) >= 11 is 0. The Morgan fingerprint density at radius 1 is 1.03 bits per heavy atom. The number of aromatic nitrogens is 2. The van der Waals surface area contributed by atoms with E-state index >= 15 is 0 Å². The molecule has 4 rings (SSSR count). The number of fused-ring (bicyclic) bond motifs is 1. The summed E-state index contributed by atoms with van der Waals surface area (Å²) in [5.41, 5.74) is 2.28. The van der Waals surface area contributed by atoms with Gasteiger partial charge in [-0.3, -0.25) is 19.6 Å². The van der Waals surface area contributed by atoms with Crippen LogP contribution in [0.15, 0.2) is 54.9 Å². The molecule has 1 aliphatic heterocycles. The van der Waals surface area contributed by atoms with E-state index in [0.29, 0.717) is 54.3 Å². The highest BCUT2D eigenvalue weighted by Crippen LogP contribution is 2.19. The molecule has 8 heteroatoms. The van der Waals surface area contributed by atoms with Gasteiger partial charge in [0.25, 0.3) is 11.8 Å². The van der Waals surface area contributed by atoms with Gasteiger partial charge in [-0.15, -0.1) is 0 Å². The maximum absolute atomic E-state index is 12.6. The van der Waals surface area contributed by atoms with E-state index in [2.05, 4.69) is 15.3 Å². The summed E-state index contributed by atoms with van der Waals surface area (Å²) in [7, 11) is 0. The molecule has 0 radical (unpaired) electrons. The topological polar surface area (TPSA) is 93.7 Å². The van der Waals surface area contributed by atoms with Crippen LogP contribution in [0.4, 0.5) is 5.69 Å². The molecule has 3 aromatic rings. The third-order valence-corrected chi connectivity index (χ3v) is 4.58. The van der Waals surface area contributed by atoms with Crippen LogP contribution in [0, 0.1) is 0 Å². The third-order valence-electron chi connectivity index (χ3n) is 4.58. The van der Waals surface area contributed by atoms with Crippen LogP contribution in [0.25, 0.3) is 11.0 Å². The molecule has 1 N–H and O–H groups in total. The Morgan fingerprint density at radius 2 is 1.79 bits per heavy atom. The molecule has 1 aliphatic rings. The van der Waals surface area contributed by atoms with Gasteiger partial charge in [0.2, 0.25) is 0 Å². The number of amides is 2. The van der Waals surface area contributed by atoms with Gasteiger partial charge in [0.15, 0.2) is 6.61 Å². The lowest BCUT2D eigenvalue weighted by Gasteiger charge is -2.26. The van der Waals surface area contributed by atoms with Gasteiger partial charge in [-0.25, -0.2) is 0 Å². The van der Waals surface area contributed by atoms with Gasteiger partial charge in [0.05, 0.1) is 24.3 Å². The predicted octanol–water partition coefficient (Wildman–Crippen LogP) is 2.12. The van der Waals surface area contributed by atoms with Gasteiger partial charge in [0.1, 0.15) is 11.3 Å². The largest absolute Gasteiger partial charge is 0.484 e. The van der Waals surface area contributed by atoms with Crippen LogP contribution in [-0.4, -0.2) is 59.6 Å². The second-order valence-electron chi connectivity index (χ2n) is 6.49. The average molecular weight is 392 g/mol. The SMILES string of the molecule is O=C(Nc1ccc(OCC(=O)N2CCOCC2)cc1)c1cccc2nccnc12. The molecule has 0 saturated carbocycles. The number of hydrogen-bond acceptors (Lipinski definition) is 6. The molecule has 2 aromatic carbocycles. The Labute approximate surface area is 167 Å². The smallest absolute Gasteiger partial charge is 0.260 e. The fourth-order valence-corrected chi connectivity index (χ4v) is 3.06. The van der Waals surface area contributed by atoms with E-state index < -0.39 is 0 Å². The number of hydrogen-bond donors (Lipinski definition) is 1. The quantitative estimate of drug-likeness (QED) is 0.715. The highest BCUT2D eigenvalue weighted by Gasteiger charge is 2.17. The molecule has 1 fully saturated rings. The Hall–Kier alpha value is -3.52. The average Bonchev–Trinajstić information content (AvgIpc) is 2.78. The Kier molecular flexibility index (Phi) is 5.62. The zero-order valence-corrected chi connectivity index (χ0v) is 15.7. The summed E-state index contributed by atoms with van der Waals surface area (Å²) in [6, 6.07) is 12.2. The van der Waals surface area contributed by atoms with E-state index in [1.165, 1.54) is 0 Å². The lowest BCUT2D eigenvalue weighted by molar-refractivity contribution is -0.137. The van der Waals surface area contributed by atoms with Crippen LogP contribution in [0.1, 0.15) is 10.4 Å². The first-order valence-electron chi connectivity index (χ1n) is 9.30. The Morgan fingerprint density at radius 3 is 2.59 bits per heavy atom. The molecule has 1 saturated heterocycles. The number of benzene rings is 2. The number of nitrogens with zero attached hydrogens (tertiary/aromatic N) is 3. The molecular formula is C21H20N4O4. The molecule has 148 valence electrons. The van der Waals surface area contributed by atoms with Crippen molar-refractivity contribution in [2.45, 2.75) is 0 Å². The lowest BCUT2D eigenvalue weighted by Crippen LogP contribution is -2.42. The van der Waals surface area contributed by atoms with E-state index in [0.717, 1.165) is 0 Å². The molecule has 0 unspecified atom stereocenters. The summed E-state index contributed by atoms with van der Waals surface area (Å²) in [5, 5.41) is 2.84. The minimum absolute atomic E-state index is 0.0274. The fourth-order valence-electron chi connectivity index (χ4n) is 3.06. The van der Waals surface area contributed by atoms with Gasteiger partial charge in [-0.05, 0) is 36.4 Å². The molecule has 2 heterocycles. The number of ether oxygens (including phenoxy) is 2. The molecule has 29 heavy (non-hydrogen) atoms. The highest BCUT2D eigenvalue weighted by molar-refractivity contribution is 6.11. The highest BCUT2D eigenvalue weighted by atomic mass is 16.5. The number of rotatable bonds is 5. The van der Waals surface area contributed by atoms with Crippen molar-refractivity contribution in [1.29, 1.82) is 0 Å². The fraction of sp³-hybridized carbons (Fsp3) is 0.238. The number of carbonyl (C=O) groups is 2. The third kappa shape index (κ3) is 4.49. The van der Waals surface area contributed by atoms with Crippen molar-refractivity contribution >= 4 is 28.5 Å². The number of morpholine rings is 1. The normalized spacial score (nSPS) is 13.9.